The number of hydrogen-bond donors (Lipinski definition) is 0. The molecular weight excluding hydrogens is 257 g/mol. The zero-order valence-electron chi connectivity index (χ0n) is 10.2. The zero-order chi connectivity index (χ0) is 13.1. The van der Waals surface area contributed by atoms with Crippen LogP contribution in [0.25, 0.3) is 10.9 Å². The van der Waals surface area contributed by atoms with Crippen LogP contribution in [0.3, 0.4) is 0 Å². The van der Waals surface area contributed by atoms with Crippen LogP contribution in [-0.2, 0) is 5.75 Å². The van der Waals surface area contributed by atoms with Crippen molar-refractivity contribution in [2.45, 2.75) is 10.6 Å². The summed E-state index contributed by atoms with van der Waals surface area (Å²) in [5, 5.41) is 1.12. The maximum absolute atomic E-state index is 13.6. The summed E-state index contributed by atoms with van der Waals surface area (Å²) in [6.07, 6.45) is 1.80. The van der Waals surface area contributed by atoms with Crippen molar-refractivity contribution in [3.8, 4) is 0 Å². The summed E-state index contributed by atoms with van der Waals surface area (Å²) in [5.74, 6) is 0.481. The first-order valence-electron chi connectivity index (χ1n) is 6.04. The highest BCUT2D eigenvalue weighted by molar-refractivity contribution is 7.98. The number of benzene rings is 2. The molecule has 94 valence electrons. The first kappa shape index (κ1) is 12.2. The van der Waals surface area contributed by atoms with E-state index in [9.17, 15) is 4.39 Å². The summed E-state index contributed by atoms with van der Waals surface area (Å²) < 4.78 is 13.6. The maximum Gasteiger partial charge on any atom is 0.127 e. The Morgan fingerprint density at radius 3 is 2.63 bits per heavy atom. The van der Waals surface area contributed by atoms with Gasteiger partial charge in [-0.15, -0.1) is 11.8 Å². The number of halogens is 1. The third-order valence-electron chi connectivity index (χ3n) is 2.95. The number of fused-ring (bicyclic) bond motifs is 1. The predicted octanol–water partition coefficient (Wildman–Crippen LogP) is 4.67. The standard InChI is InChI=1S/C16H12FNS/c17-14-7-3-1-5-12(14)11-19-16-9-10-18-15-8-4-2-6-13(15)16/h1-10H,11H2. The number of aromatic nitrogens is 1. The molecule has 3 aromatic rings. The fourth-order valence-electron chi connectivity index (χ4n) is 1.97. The lowest BCUT2D eigenvalue weighted by Gasteiger charge is -2.06. The third kappa shape index (κ3) is 2.61. The topological polar surface area (TPSA) is 12.9 Å². The molecule has 0 unspecified atom stereocenters. The maximum atomic E-state index is 13.6. The molecule has 3 rings (SSSR count). The summed E-state index contributed by atoms with van der Waals surface area (Å²) in [6.45, 7) is 0. The van der Waals surface area contributed by atoms with Crippen LogP contribution in [0.5, 0.6) is 0 Å². The van der Waals surface area contributed by atoms with Gasteiger partial charge in [-0.2, -0.15) is 0 Å². The Balaban J connectivity index is 1.88. The Morgan fingerprint density at radius 2 is 1.74 bits per heavy atom. The molecule has 0 aliphatic heterocycles. The second-order valence-corrected chi connectivity index (χ2v) is 5.22. The van der Waals surface area contributed by atoms with Crippen LogP contribution in [0.4, 0.5) is 4.39 Å². The molecule has 0 aliphatic rings. The van der Waals surface area contributed by atoms with Gasteiger partial charge in [0, 0.05) is 22.2 Å². The molecule has 1 heterocycles. The van der Waals surface area contributed by atoms with Gasteiger partial charge < -0.3 is 0 Å². The van der Waals surface area contributed by atoms with Crippen molar-refractivity contribution in [1.82, 2.24) is 4.98 Å². The number of rotatable bonds is 3. The zero-order valence-corrected chi connectivity index (χ0v) is 11.0. The molecule has 0 saturated carbocycles. The summed E-state index contributed by atoms with van der Waals surface area (Å²) in [7, 11) is 0. The van der Waals surface area contributed by atoms with Gasteiger partial charge in [0.25, 0.3) is 0 Å². The largest absolute Gasteiger partial charge is 0.256 e. The Kier molecular flexibility index (Phi) is 3.47. The van der Waals surface area contributed by atoms with Gasteiger partial charge in [0.05, 0.1) is 5.52 Å². The van der Waals surface area contributed by atoms with E-state index in [4.69, 9.17) is 0 Å². The Labute approximate surface area is 115 Å². The lowest BCUT2D eigenvalue weighted by atomic mass is 10.2. The molecule has 0 saturated heterocycles. The number of nitrogens with zero attached hydrogens (tertiary/aromatic N) is 1. The molecule has 0 amide bonds. The number of hydrogen-bond acceptors (Lipinski definition) is 2. The molecule has 0 spiro atoms. The van der Waals surface area contributed by atoms with Gasteiger partial charge in [-0.1, -0.05) is 36.4 Å². The van der Waals surface area contributed by atoms with E-state index < -0.39 is 0 Å². The van der Waals surface area contributed by atoms with Crippen molar-refractivity contribution < 1.29 is 4.39 Å². The molecule has 0 atom stereocenters. The Morgan fingerprint density at radius 1 is 0.947 bits per heavy atom. The van der Waals surface area contributed by atoms with Crippen LogP contribution in [0.1, 0.15) is 5.56 Å². The van der Waals surface area contributed by atoms with E-state index >= 15 is 0 Å². The van der Waals surface area contributed by atoms with E-state index in [1.165, 1.54) is 6.07 Å². The second-order valence-electron chi connectivity index (χ2n) is 4.21. The fourth-order valence-corrected chi connectivity index (χ4v) is 3.00. The van der Waals surface area contributed by atoms with Crippen molar-refractivity contribution in [2.75, 3.05) is 0 Å². The minimum absolute atomic E-state index is 0.145. The van der Waals surface area contributed by atoms with Gasteiger partial charge in [-0.25, -0.2) is 4.39 Å². The van der Waals surface area contributed by atoms with Crippen LogP contribution in [-0.4, -0.2) is 4.98 Å². The third-order valence-corrected chi connectivity index (χ3v) is 4.07. The Hall–Kier alpha value is -1.87. The van der Waals surface area contributed by atoms with Crippen LogP contribution in [0, 0.1) is 5.82 Å². The lowest BCUT2D eigenvalue weighted by Crippen LogP contribution is -1.87. The fraction of sp³-hybridized carbons (Fsp3) is 0.0625. The van der Waals surface area contributed by atoms with Crippen molar-refractivity contribution in [1.29, 1.82) is 0 Å². The van der Waals surface area contributed by atoms with Gasteiger partial charge >= 0.3 is 0 Å². The summed E-state index contributed by atoms with van der Waals surface area (Å²) in [6, 6.07) is 16.9. The molecule has 19 heavy (non-hydrogen) atoms. The molecule has 0 aliphatic carbocycles. The van der Waals surface area contributed by atoms with Crippen LogP contribution < -0.4 is 0 Å². The summed E-state index contributed by atoms with van der Waals surface area (Å²) in [4.78, 5) is 5.46. The number of para-hydroxylation sites is 1. The normalized spacial score (nSPS) is 10.8. The molecule has 0 fully saturated rings. The number of pyridine rings is 1. The molecule has 1 nitrogen and oxygen atoms in total. The molecule has 2 aromatic carbocycles. The highest BCUT2D eigenvalue weighted by Gasteiger charge is 2.05. The predicted molar refractivity (Wildman–Crippen MR) is 77.7 cm³/mol. The van der Waals surface area contributed by atoms with Crippen molar-refractivity contribution >= 4 is 22.7 Å². The SMILES string of the molecule is Fc1ccccc1CSc1ccnc2ccccc12. The van der Waals surface area contributed by atoms with E-state index in [0.717, 1.165) is 21.4 Å². The Bertz CT molecular complexity index is 706. The summed E-state index contributed by atoms with van der Waals surface area (Å²) >= 11 is 1.64. The average Bonchev–Trinajstić information content (AvgIpc) is 2.46. The van der Waals surface area contributed by atoms with E-state index in [0.29, 0.717) is 5.75 Å². The van der Waals surface area contributed by atoms with E-state index in [1.807, 2.05) is 42.5 Å². The first-order chi connectivity index (χ1) is 9.34. The average molecular weight is 269 g/mol. The lowest BCUT2D eigenvalue weighted by molar-refractivity contribution is 0.617. The molecular formula is C16H12FNS. The monoisotopic (exact) mass is 269 g/mol. The van der Waals surface area contributed by atoms with Gasteiger partial charge in [0.2, 0.25) is 0 Å². The smallest absolute Gasteiger partial charge is 0.127 e. The second kappa shape index (κ2) is 5.41. The van der Waals surface area contributed by atoms with E-state index in [2.05, 4.69) is 4.98 Å². The van der Waals surface area contributed by atoms with Crippen LogP contribution >= 0.6 is 11.8 Å². The van der Waals surface area contributed by atoms with Gasteiger partial charge in [-0.3, -0.25) is 4.98 Å². The minimum atomic E-state index is -0.145. The molecule has 0 radical (unpaired) electrons. The highest BCUT2D eigenvalue weighted by Crippen LogP contribution is 2.29. The molecule has 1 aromatic heterocycles. The van der Waals surface area contributed by atoms with Crippen molar-refractivity contribution in [2.24, 2.45) is 0 Å². The quantitative estimate of drug-likeness (QED) is 0.641. The van der Waals surface area contributed by atoms with E-state index in [1.54, 1.807) is 24.0 Å². The summed E-state index contributed by atoms with van der Waals surface area (Å²) in [5.41, 5.74) is 1.70. The van der Waals surface area contributed by atoms with Crippen LogP contribution in [0.2, 0.25) is 0 Å². The molecule has 3 heteroatoms. The first-order valence-corrected chi connectivity index (χ1v) is 7.03. The van der Waals surface area contributed by atoms with Gasteiger partial charge in [-0.05, 0) is 23.8 Å². The molecule has 0 N–H and O–H groups in total. The van der Waals surface area contributed by atoms with Crippen molar-refractivity contribution in [3.05, 3.63) is 72.2 Å². The van der Waals surface area contributed by atoms with Gasteiger partial charge in [0.15, 0.2) is 0 Å². The minimum Gasteiger partial charge on any atom is -0.256 e. The number of thioether (sulfide) groups is 1. The van der Waals surface area contributed by atoms with Crippen molar-refractivity contribution in [3.63, 3.8) is 0 Å². The van der Waals surface area contributed by atoms with Gasteiger partial charge in [0.1, 0.15) is 5.82 Å². The van der Waals surface area contributed by atoms with E-state index in [-0.39, 0.29) is 5.82 Å². The molecule has 0 bridgehead atoms. The van der Waals surface area contributed by atoms with Crippen LogP contribution in [0.15, 0.2) is 65.7 Å². The highest BCUT2D eigenvalue weighted by atomic mass is 32.2.